The van der Waals surface area contributed by atoms with Crippen LogP contribution in [-0.2, 0) is 9.57 Å². The maximum atomic E-state index is 14.3. The number of hydrogen-bond donors (Lipinski definition) is 1. The average Bonchev–Trinajstić information content (AvgIpc) is 2.73. The Morgan fingerprint density at radius 1 is 1.10 bits per heavy atom. The van der Waals surface area contributed by atoms with E-state index in [0.29, 0.717) is 57.9 Å². The molecular weight excluding hydrogens is 412 g/mol. The first-order chi connectivity index (χ1) is 14.7. The molecule has 2 heterocycles. The zero-order chi connectivity index (χ0) is 22.5. The molecule has 2 aliphatic heterocycles. The molecule has 8 nitrogen and oxygen atoms in total. The lowest BCUT2D eigenvalue weighted by Gasteiger charge is -2.32. The Labute approximate surface area is 179 Å². The molecule has 2 saturated heterocycles. The summed E-state index contributed by atoms with van der Waals surface area (Å²) in [5, 5.41) is 13.1. The second-order valence-electron chi connectivity index (χ2n) is 7.96. The number of carboxylic acids is 1. The number of aromatic carboxylic acids is 1. The lowest BCUT2D eigenvalue weighted by molar-refractivity contribution is 0.00414. The number of carbonyl (C=O) groups is 2. The highest BCUT2D eigenvalue weighted by Crippen LogP contribution is 2.26. The minimum atomic E-state index is -1.50. The summed E-state index contributed by atoms with van der Waals surface area (Å²) in [5.74, 6) is -3.23. The molecule has 0 radical (unpaired) electrons. The molecule has 0 unspecified atom stereocenters. The Morgan fingerprint density at radius 3 is 2.32 bits per heavy atom. The zero-order valence-electron chi connectivity index (χ0n) is 17.6. The molecule has 3 rings (SSSR count). The van der Waals surface area contributed by atoms with E-state index in [2.05, 4.69) is 5.16 Å². The fourth-order valence-electron chi connectivity index (χ4n) is 3.61. The van der Waals surface area contributed by atoms with Crippen molar-refractivity contribution in [1.82, 2.24) is 4.90 Å². The highest BCUT2D eigenvalue weighted by molar-refractivity contribution is 5.89. The van der Waals surface area contributed by atoms with E-state index in [1.165, 1.54) is 0 Å². The summed E-state index contributed by atoms with van der Waals surface area (Å²) in [6.07, 6.45) is 1.84. The smallest absolute Gasteiger partial charge is 0.410 e. The van der Waals surface area contributed by atoms with Gasteiger partial charge in [0.15, 0.2) is 0 Å². The van der Waals surface area contributed by atoms with Gasteiger partial charge in [-0.15, -0.1) is 0 Å². The van der Waals surface area contributed by atoms with Crippen LogP contribution in [0.15, 0.2) is 17.3 Å². The van der Waals surface area contributed by atoms with Gasteiger partial charge in [-0.2, -0.15) is 0 Å². The molecule has 0 aromatic heterocycles. The standard InChI is InChI=1S/C21H27F2N3O5/c1-13(2)30-21(29)26-9-5-15(6-10-26)31-24-14-3-7-25(8-4-14)19-12-17(22)16(20(27)28)11-18(19)23/h11-13,15H,3-10H2,1-2H3,(H,27,28). The van der Waals surface area contributed by atoms with Crippen molar-refractivity contribution in [2.24, 2.45) is 5.16 Å². The first-order valence-electron chi connectivity index (χ1n) is 10.4. The number of oxime groups is 1. The monoisotopic (exact) mass is 439 g/mol. The molecule has 2 aliphatic rings. The molecule has 0 saturated carbocycles. The SMILES string of the molecule is CC(C)OC(=O)N1CCC(ON=C2CCN(c3cc(F)c(C(=O)O)cc3F)CC2)CC1. The lowest BCUT2D eigenvalue weighted by atomic mass is 10.1. The van der Waals surface area contributed by atoms with Crippen LogP contribution >= 0.6 is 0 Å². The summed E-state index contributed by atoms with van der Waals surface area (Å²) in [5.41, 5.74) is 0.196. The molecule has 0 atom stereocenters. The van der Waals surface area contributed by atoms with Gasteiger partial charge in [-0.1, -0.05) is 5.16 Å². The number of hydrogen-bond acceptors (Lipinski definition) is 6. The Bertz CT molecular complexity index is 844. The minimum absolute atomic E-state index is 0.0446. The third kappa shape index (κ3) is 5.83. The van der Waals surface area contributed by atoms with Crippen LogP contribution in [0.3, 0.4) is 0 Å². The van der Waals surface area contributed by atoms with Gasteiger partial charge in [-0.05, 0) is 19.9 Å². The quantitative estimate of drug-likeness (QED) is 0.705. The second kappa shape index (κ2) is 9.93. The summed E-state index contributed by atoms with van der Waals surface area (Å²) in [4.78, 5) is 31.8. The fourth-order valence-corrected chi connectivity index (χ4v) is 3.61. The van der Waals surface area contributed by atoms with Crippen molar-refractivity contribution in [2.45, 2.75) is 51.7 Å². The van der Waals surface area contributed by atoms with Crippen molar-refractivity contribution in [2.75, 3.05) is 31.1 Å². The molecule has 170 valence electrons. The third-order valence-electron chi connectivity index (χ3n) is 5.32. The topological polar surface area (TPSA) is 91.7 Å². The zero-order valence-corrected chi connectivity index (χ0v) is 17.6. The number of rotatable bonds is 5. The van der Waals surface area contributed by atoms with Gasteiger partial charge >= 0.3 is 12.1 Å². The van der Waals surface area contributed by atoms with Crippen molar-refractivity contribution < 1.29 is 33.1 Å². The van der Waals surface area contributed by atoms with Crippen LogP contribution in [0, 0.1) is 11.6 Å². The predicted octanol–water partition coefficient (Wildman–Crippen LogP) is 3.65. The van der Waals surface area contributed by atoms with Gasteiger partial charge in [0.1, 0.15) is 17.7 Å². The highest BCUT2D eigenvalue weighted by atomic mass is 19.1. The Morgan fingerprint density at radius 2 is 1.74 bits per heavy atom. The highest BCUT2D eigenvalue weighted by Gasteiger charge is 2.26. The van der Waals surface area contributed by atoms with E-state index >= 15 is 0 Å². The van der Waals surface area contributed by atoms with Crippen LogP contribution < -0.4 is 4.90 Å². The summed E-state index contributed by atoms with van der Waals surface area (Å²) < 4.78 is 33.4. The predicted molar refractivity (Wildman–Crippen MR) is 109 cm³/mol. The number of benzene rings is 1. The Balaban J connectivity index is 1.48. The molecule has 1 amide bonds. The van der Waals surface area contributed by atoms with Gasteiger partial charge in [0.05, 0.1) is 23.1 Å². The number of carbonyl (C=O) groups excluding carboxylic acids is 1. The summed E-state index contributed by atoms with van der Waals surface area (Å²) in [6, 6.07) is 1.64. The van der Waals surface area contributed by atoms with Crippen molar-refractivity contribution in [3.05, 3.63) is 29.3 Å². The van der Waals surface area contributed by atoms with Crippen LogP contribution in [0.4, 0.5) is 19.3 Å². The molecule has 31 heavy (non-hydrogen) atoms. The summed E-state index contributed by atoms with van der Waals surface area (Å²) in [6.45, 7) is 5.56. The maximum absolute atomic E-state index is 14.3. The normalized spacial score (nSPS) is 17.6. The average molecular weight is 439 g/mol. The third-order valence-corrected chi connectivity index (χ3v) is 5.32. The van der Waals surface area contributed by atoms with Gasteiger partial charge in [0.25, 0.3) is 0 Å². The molecule has 0 aliphatic carbocycles. The van der Waals surface area contributed by atoms with Crippen LogP contribution in [0.1, 0.15) is 49.9 Å². The molecule has 2 fully saturated rings. The number of likely N-dealkylation sites (tertiary alicyclic amines) is 1. The van der Waals surface area contributed by atoms with E-state index in [9.17, 15) is 18.4 Å². The molecular formula is C21H27F2N3O5. The Kier molecular flexibility index (Phi) is 7.29. The van der Waals surface area contributed by atoms with Crippen LogP contribution in [0.25, 0.3) is 0 Å². The second-order valence-corrected chi connectivity index (χ2v) is 7.96. The van der Waals surface area contributed by atoms with Crippen LogP contribution in [0.2, 0.25) is 0 Å². The van der Waals surface area contributed by atoms with E-state index in [4.69, 9.17) is 14.7 Å². The van der Waals surface area contributed by atoms with Crippen molar-refractivity contribution in [3.63, 3.8) is 0 Å². The molecule has 0 spiro atoms. The van der Waals surface area contributed by atoms with E-state index in [-0.39, 0.29) is 24.0 Å². The summed E-state index contributed by atoms with van der Waals surface area (Å²) >= 11 is 0. The van der Waals surface area contributed by atoms with Gasteiger partial charge in [0.2, 0.25) is 0 Å². The number of ether oxygens (including phenoxy) is 1. The van der Waals surface area contributed by atoms with E-state index in [0.717, 1.165) is 11.8 Å². The number of nitrogens with zero attached hydrogens (tertiary/aromatic N) is 3. The van der Waals surface area contributed by atoms with Crippen LogP contribution in [-0.4, -0.2) is 66.2 Å². The largest absolute Gasteiger partial charge is 0.478 e. The maximum Gasteiger partial charge on any atom is 0.410 e. The molecule has 0 bridgehead atoms. The molecule has 1 aromatic rings. The van der Waals surface area contributed by atoms with Crippen LogP contribution in [0.5, 0.6) is 0 Å². The van der Waals surface area contributed by atoms with E-state index in [1.54, 1.807) is 9.80 Å². The van der Waals surface area contributed by atoms with E-state index < -0.39 is 23.2 Å². The van der Waals surface area contributed by atoms with Gasteiger partial charge in [-0.25, -0.2) is 18.4 Å². The van der Waals surface area contributed by atoms with Crippen molar-refractivity contribution in [1.29, 1.82) is 0 Å². The molecule has 1 N–H and O–H groups in total. The van der Waals surface area contributed by atoms with E-state index in [1.807, 2.05) is 13.8 Å². The van der Waals surface area contributed by atoms with Gasteiger partial charge in [-0.3, -0.25) is 0 Å². The minimum Gasteiger partial charge on any atom is -0.478 e. The van der Waals surface area contributed by atoms with Gasteiger partial charge in [0, 0.05) is 57.9 Å². The number of amides is 1. The molecule has 1 aromatic carbocycles. The Hall–Kier alpha value is -2.91. The number of carboxylic acid groups (broad SMARTS) is 1. The first kappa shape index (κ1) is 22.8. The fraction of sp³-hybridized carbons (Fsp3) is 0.571. The first-order valence-corrected chi connectivity index (χ1v) is 10.4. The van der Waals surface area contributed by atoms with Crippen molar-refractivity contribution in [3.8, 4) is 0 Å². The number of halogens is 2. The number of anilines is 1. The summed E-state index contributed by atoms with van der Waals surface area (Å²) in [7, 11) is 0. The lowest BCUT2D eigenvalue weighted by Crippen LogP contribution is -2.41. The van der Waals surface area contributed by atoms with Crippen molar-refractivity contribution >= 4 is 23.5 Å². The van der Waals surface area contributed by atoms with Gasteiger partial charge < -0.3 is 24.5 Å². The number of piperidine rings is 2. The molecule has 10 heteroatoms.